The van der Waals surface area contributed by atoms with Crippen LogP contribution in [0.25, 0.3) is 11.0 Å². The van der Waals surface area contributed by atoms with Crippen LogP contribution < -0.4 is 5.73 Å². The highest BCUT2D eigenvalue weighted by Crippen LogP contribution is 2.23. The molecule has 5 nitrogen and oxygen atoms in total. The standard InChI is InChI=1S/C14H19N3O2S/c1-4-19-12(18)14(3,15)8-20-13-16-10-6-5-9(2)7-11(10)17-13/h5-7H,4,8,15H2,1-3H3,(H,16,17). The van der Waals surface area contributed by atoms with Gasteiger partial charge in [-0.05, 0) is 38.5 Å². The van der Waals surface area contributed by atoms with Gasteiger partial charge in [0.2, 0.25) is 0 Å². The molecule has 2 aromatic rings. The number of aromatic nitrogens is 2. The van der Waals surface area contributed by atoms with Crippen molar-refractivity contribution in [2.75, 3.05) is 12.4 Å². The van der Waals surface area contributed by atoms with E-state index in [9.17, 15) is 4.79 Å². The smallest absolute Gasteiger partial charge is 0.326 e. The number of rotatable bonds is 5. The number of aromatic amines is 1. The van der Waals surface area contributed by atoms with Crippen LogP contribution in [-0.4, -0.2) is 33.8 Å². The summed E-state index contributed by atoms with van der Waals surface area (Å²) in [5.41, 5.74) is 8.03. The van der Waals surface area contributed by atoms with Crippen molar-refractivity contribution in [2.45, 2.75) is 31.5 Å². The Balaban J connectivity index is 2.07. The molecule has 1 atom stereocenters. The Labute approximate surface area is 122 Å². The summed E-state index contributed by atoms with van der Waals surface area (Å²) >= 11 is 1.42. The van der Waals surface area contributed by atoms with Crippen molar-refractivity contribution in [2.24, 2.45) is 5.73 Å². The summed E-state index contributed by atoms with van der Waals surface area (Å²) in [6, 6.07) is 6.03. The number of H-pyrrole nitrogens is 1. The molecule has 1 heterocycles. The van der Waals surface area contributed by atoms with E-state index in [2.05, 4.69) is 9.97 Å². The van der Waals surface area contributed by atoms with Gasteiger partial charge in [-0.15, -0.1) is 0 Å². The first-order valence-corrected chi connectivity index (χ1v) is 7.46. The van der Waals surface area contributed by atoms with Crippen LogP contribution in [0.2, 0.25) is 0 Å². The Hall–Kier alpha value is -1.53. The van der Waals surface area contributed by atoms with Gasteiger partial charge in [-0.25, -0.2) is 4.98 Å². The van der Waals surface area contributed by atoms with Crippen molar-refractivity contribution >= 4 is 28.8 Å². The van der Waals surface area contributed by atoms with Gasteiger partial charge in [-0.3, -0.25) is 4.79 Å². The van der Waals surface area contributed by atoms with Gasteiger partial charge in [0.25, 0.3) is 0 Å². The first-order valence-electron chi connectivity index (χ1n) is 6.47. The Bertz CT molecular complexity index is 622. The molecule has 2 rings (SSSR count). The lowest BCUT2D eigenvalue weighted by atomic mass is 10.1. The van der Waals surface area contributed by atoms with E-state index in [4.69, 9.17) is 10.5 Å². The number of hydrogen-bond acceptors (Lipinski definition) is 5. The number of hydrogen-bond donors (Lipinski definition) is 2. The molecule has 6 heteroatoms. The van der Waals surface area contributed by atoms with Crippen LogP contribution in [0.4, 0.5) is 0 Å². The van der Waals surface area contributed by atoms with Crippen molar-refractivity contribution in [3.63, 3.8) is 0 Å². The molecule has 0 saturated heterocycles. The minimum Gasteiger partial charge on any atom is -0.465 e. The van der Waals surface area contributed by atoms with Crippen LogP contribution in [0, 0.1) is 6.92 Å². The predicted octanol–water partition coefficient (Wildman–Crippen LogP) is 2.24. The number of esters is 1. The molecule has 3 N–H and O–H groups in total. The lowest BCUT2D eigenvalue weighted by Gasteiger charge is -2.20. The Kier molecular flexibility index (Phi) is 4.35. The normalized spacial score (nSPS) is 14.2. The molecule has 1 unspecified atom stereocenters. The fourth-order valence-corrected chi connectivity index (χ4v) is 2.64. The van der Waals surface area contributed by atoms with Crippen LogP contribution in [0.1, 0.15) is 19.4 Å². The van der Waals surface area contributed by atoms with Gasteiger partial charge in [0.1, 0.15) is 5.54 Å². The van der Waals surface area contributed by atoms with E-state index in [0.29, 0.717) is 12.4 Å². The minimum atomic E-state index is -1.02. The van der Waals surface area contributed by atoms with Gasteiger partial charge >= 0.3 is 5.97 Å². The lowest BCUT2D eigenvalue weighted by molar-refractivity contribution is -0.148. The zero-order chi connectivity index (χ0) is 14.8. The molecule has 0 radical (unpaired) electrons. The maximum Gasteiger partial charge on any atom is 0.326 e. The maximum atomic E-state index is 11.7. The number of benzene rings is 1. The molecule has 0 aliphatic carbocycles. The molecule has 0 fully saturated rings. The average Bonchev–Trinajstić information content (AvgIpc) is 2.78. The summed E-state index contributed by atoms with van der Waals surface area (Å²) in [6.45, 7) is 5.80. The molecule has 0 saturated carbocycles. The van der Waals surface area contributed by atoms with Crippen molar-refractivity contribution in [3.05, 3.63) is 23.8 Å². The number of fused-ring (bicyclic) bond motifs is 1. The topological polar surface area (TPSA) is 81.0 Å². The van der Waals surface area contributed by atoms with Crippen LogP contribution in [0.3, 0.4) is 0 Å². The number of carbonyl (C=O) groups is 1. The largest absolute Gasteiger partial charge is 0.465 e. The number of imidazole rings is 1. The fraction of sp³-hybridized carbons (Fsp3) is 0.429. The number of aryl methyl sites for hydroxylation is 1. The van der Waals surface area contributed by atoms with Gasteiger partial charge in [0.15, 0.2) is 5.16 Å². The fourth-order valence-electron chi connectivity index (χ4n) is 1.74. The van der Waals surface area contributed by atoms with Gasteiger partial charge in [0, 0.05) is 5.75 Å². The molecule has 0 amide bonds. The van der Waals surface area contributed by atoms with E-state index in [0.717, 1.165) is 16.2 Å². The van der Waals surface area contributed by atoms with Crippen molar-refractivity contribution in [3.8, 4) is 0 Å². The second-order valence-electron chi connectivity index (χ2n) is 4.99. The van der Waals surface area contributed by atoms with Crippen molar-refractivity contribution in [1.29, 1.82) is 0 Å². The zero-order valence-electron chi connectivity index (χ0n) is 11.9. The summed E-state index contributed by atoms with van der Waals surface area (Å²) in [7, 11) is 0. The number of nitrogens with one attached hydrogen (secondary N) is 1. The van der Waals surface area contributed by atoms with Gasteiger partial charge in [-0.1, -0.05) is 17.8 Å². The van der Waals surface area contributed by atoms with E-state index in [1.807, 2.05) is 25.1 Å². The summed E-state index contributed by atoms with van der Waals surface area (Å²) in [5.74, 6) is 0.0180. The number of carbonyl (C=O) groups excluding carboxylic acids is 1. The Morgan fingerprint density at radius 2 is 2.30 bits per heavy atom. The third-order valence-electron chi connectivity index (χ3n) is 2.87. The van der Waals surface area contributed by atoms with Crippen LogP contribution in [0.5, 0.6) is 0 Å². The SMILES string of the molecule is CCOC(=O)C(C)(N)CSc1nc2ccc(C)cc2[nH]1. The summed E-state index contributed by atoms with van der Waals surface area (Å²) in [5, 5.41) is 0.756. The second kappa shape index (κ2) is 5.85. The molecule has 1 aromatic carbocycles. The molecule has 0 aliphatic rings. The van der Waals surface area contributed by atoms with Gasteiger partial charge < -0.3 is 15.5 Å². The summed E-state index contributed by atoms with van der Waals surface area (Å²) in [4.78, 5) is 19.4. The minimum absolute atomic E-state index is 0.334. The van der Waals surface area contributed by atoms with Crippen LogP contribution in [-0.2, 0) is 9.53 Å². The third kappa shape index (κ3) is 3.32. The number of ether oxygens (including phenoxy) is 1. The molecule has 0 bridgehead atoms. The zero-order valence-corrected chi connectivity index (χ0v) is 12.7. The first-order chi connectivity index (χ1) is 9.42. The highest BCUT2D eigenvalue weighted by Gasteiger charge is 2.30. The Morgan fingerprint density at radius 3 is 3.00 bits per heavy atom. The third-order valence-corrected chi connectivity index (χ3v) is 4.08. The van der Waals surface area contributed by atoms with Crippen molar-refractivity contribution < 1.29 is 9.53 Å². The number of nitrogens with zero attached hydrogens (tertiary/aromatic N) is 1. The maximum absolute atomic E-state index is 11.7. The summed E-state index contributed by atoms with van der Waals surface area (Å²) in [6.07, 6.45) is 0. The molecule has 0 spiro atoms. The molecular weight excluding hydrogens is 274 g/mol. The predicted molar refractivity (Wildman–Crippen MR) is 80.8 cm³/mol. The van der Waals surface area contributed by atoms with Crippen LogP contribution >= 0.6 is 11.8 Å². The van der Waals surface area contributed by atoms with E-state index < -0.39 is 5.54 Å². The molecule has 0 aliphatic heterocycles. The van der Waals surface area contributed by atoms with Crippen molar-refractivity contribution in [1.82, 2.24) is 9.97 Å². The first kappa shape index (κ1) is 14.9. The monoisotopic (exact) mass is 293 g/mol. The van der Waals surface area contributed by atoms with E-state index in [-0.39, 0.29) is 5.97 Å². The highest BCUT2D eigenvalue weighted by atomic mass is 32.2. The molecule has 20 heavy (non-hydrogen) atoms. The highest BCUT2D eigenvalue weighted by molar-refractivity contribution is 7.99. The molecule has 1 aromatic heterocycles. The van der Waals surface area contributed by atoms with Crippen LogP contribution in [0.15, 0.2) is 23.4 Å². The quantitative estimate of drug-likeness (QED) is 0.652. The molecular formula is C14H19N3O2S. The van der Waals surface area contributed by atoms with E-state index >= 15 is 0 Å². The van der Waals surface area contributed by atoms with E-state index in [1.165, 1.54) is 17.3 Å². The van der Waals surface area contributed by atoms with Gasteiger partial charge in [-0.2, -0.15) is 0 Å². The lowest BCUT2D eigenvalue weighted by Crippen LogP contribution is -2.48. The van der Waals surface area contributed by atoms with Gasteiger partial charge in [0.05, 0.1) is 17.6 Å². The number of thioether (sulfide) groups is 1. The van der Waals surface area contributed by atoms with E-state index in [1.54, 1.807) is 13.8 Å². The summed E-state index contributed by atoms with van der Waals surface area (Å²) < 4.78 is 4.96. The number of nitrogens with two attached hydrogens (primary N) is 1. The Morgan fingerprint density at radius 1 is 1.55 bits per heavy atom. The molecule has 108 valence electrons. The second-order valence-corrected chi connectivity index (χ2v) is 5.95. The average molecular weight is 293 g/mol.